The lowest BCUT2D eigenvalue weighted by atomic mass is 9.75. The molecule has 0 radical (unpaired) electrons. The third-order valence-corrected chi connectivity index (χ3v) is 10.6. The van der Waals surface area contributed by atoms with Crippen LogP contribution in [0.1, 0.15) is 93.5 Å². The number of aliphatic carboxylic acids is 1. The average molecular weight is 591 g/mol. The number of amides is 2. The lowest BCUT2D eigenvalue weighted by Gasteiger charge is -2.34. The van der Waals surface area contributed by atoms with Gasteiger partial charge in [-0.15, -0.1) is 0 Å². The third kappa shape index (κ3) is 6.44. The minimum absolute atomic E-state index is 0.0126. The SMILES string of the molecule is COc1cc(C#N)c(OC2CCC(C)(C(=O)O)CC2)cc1C(=O)NC1C2CCC(C2)C1C(=O)NCC1CCC(C#N)CC1. The first-order valence-corrected chi connectivity index (χ1v) is 15.7. The van der Waals surface area contributed by atoms with Crippen LogP contribution < -0.4 is 20.1 Å². The van der Waals surface area contributed by atoms with Gasteiger partial charge in [0, 0.05) is 24.6 Å². The number of rotatable bonds is 9. The fourth-order valence-electron chi connectivity index (χ4n) is 7.79. The Labute approximate surface area is 253 Å². The molecule has 1 aromatic carbocycles. The molecule has 10 heteroatoms. The third-order valence-electron chi connectivity index (χ3n) is 10.6. The van der Waals surface area contributed by atoms with Gasteiger partial charge in [-0.3, -0.25) is 14.4 Å². The highest BCUT2D eigenvalue weighted by atomic mass is 16.5. The van der Waals surface area contributed by atoms with E-state index in [1.807, 2.05) is 0 Å². The summed E-state index contributed by atoms with van der Waals surface area (Å²) in [4.78, 5) is 38.8. The summed E-state index contributed by atoms with van der Waals surface area (Å²) in [6, 6.07) is 7.23. The Morgan fingerprint density at radius 2 is 1.70 bits per heavy atom. The molecule has 2 bridgehead atoms. The minimum Gasteiger partial charge on any atom is -0.496 e. The number of nitriles is 2. The van der Waals surface area contributed by atoms with E-state index < -0.39 is 11.4 Å². The van der Waals surface area contributed by atoms with Gasteiger partial charge in [0.15, 0.2) is 0 Å². The molecule has 4 aliphatic rings. The molecule has 10 nitrogen and oxygen atoms in total. The summed E-state index contributed by atoms with van der Waals surface area (Å²) in [7, 11) is 1.44. The first kappa shape index (κ1) is 30.7. The largest absolute Gasteiger partial charge is 0.496 e. The van der Waals surface area contributed by atoms with Crippen LogP contribution in [-0.2, 0) is 9.59 Å². The predicted molar refractivity (Wildman–Crippen MR) is 156 cm³/mol. The molecular weight excluding hydrogens is 548 g/mol. The number of methoxy groups -OCH3 is 1. The van der Waals surface area contributed by atoms with Gasteiger partial charge in [-0.1, -0.05) is 0 Å². The fourth-order valence-corrected chi connectivity index (χ4v) is 7.79. The van der Waals surface area contributed by atoms with E-state index in [9.17, 15) is 24.8 Å². The van der Waals surface area contributed by atoms with Crippen LogP contribution in [0.25, 0.3) is 0 Å². The van der Waals surface area contributed by atoms with Gasteiger partial charge in [0.1, 0.15) is 17.6 Å². The molecule has 0 saturated heterocycles. The zero-order valence-corrected chi connectivity index (χ0v) is 25.1. The van der Waals surface area contributed by atoms with Gasteiger partial charge in [0.2, 0.25) is 5.91 Å². The quantitative estimate of drug-likeness (QED) is 0.377. The van der Waals surface area contributed by atoms with Crippen molar-refractivity contribution in [2.45, 2.75) is 89.7 Å². The van der Waals surface area contributed by atoms with Crippen molar-refractivity contribution in [1.82, 2.24) is 10.6 Å². The molecular formula is C33H42N4O6. The summed E-state index contributed by atoms with van der Waals surface area (Å²) < 4.78 is 11.7. The van der Waals surface area contributed by atoms with Gasteiger partial charge in [-0.05, 0) is 101 Å². The number of carbonyl (C=O) groups excluding carboxylic acids is 2. The Morgan fingerprint density at radius 1 is 1.00 bits per heavy atom. The van der Waals surface area contributed by atoms with Crippen molar-refractivity contribution in [2.24, 2.45) is 35.0 Å². The molecule has 0 heterocycles. The molecule has 4 saturated carbocycles. The molecule has 43 heavy (non-hydrogen) atoms. The monoisotopic (exact) mass is 590 g/mol. The average Bonchev–Trinajstić information content (AvgIpc) is 3.63. The predicted octanol–water partition coefficient (Wildman–Crippen LogP) is 4.57. The van der Waals surface area contributed by atoms with E-state index in [1.165, 1.54) is 19.2 Å². The van der Waals surface area contributed by atoms with Crippen LogP contribution in [0.3, 0.4) is 0 Å². The summed E-state index contributed by atoms with van der Waals surface area (Å²) in [5.74, 6) is -0.0327. The molecule has 0 aliphatic heterocycles. The molecule has 4 atom stereocenters. The van der Waals surface area contributed by atoms with Crippen LogP contribution in [0, 0.1) is 57.7 Å². The van der Waals surface area contributed by atoms with Crippen LogP contribution in [-0.4, -0.2) is 48.7 Å². The van der Waals surface area contributed by atoms with Gasteiger partial charge in [-0.2, -0.15) is 10.5 Å². The summed E-state index contributed by atoms with van der Waals surface area (Å²) in [6.45, 7) is 2.34. The number of nitrogens with zero attached hydrogens (tertiary/aromatic N) is 2. The van der Waals surface area contributed by atoms with Crippen molar-refractivity contribution in [3.8, 4) is 23.6 Å². The minimum atomic E-state index is -0.817. The van der Waals surface area contributed by atoms with E-state index >= 15 is 0 Å². The Morgan fingerprint density at radius 3 is 2.33 bits per heavy atom. The molecule has 0 aromatic heterocycles. The number of carbonyl (C=O) groups is 3. The highest BCUT2D eigenvalue weighted by molar-refractivity contribution is 5.98. The van der Waals surface area contributed by atoms with Crippen LogP contribution in [0.5, 0.6) is 11.5 Å². The van der Waals surface area contributed by atoms with Crippen LogP contribution in [0.15, 0.2) is 12.1 Å². The first-order chi connectivity index (χ1) is 20.6. The van der Waals surface area contributed by atoms with E-state index in [1.54, 1.807) is 6.92 Å². The van der Waals surface area contributed by atoms with Gasteiger partial charge in [0.25, 0.3) is 5.91 Å². The topological polar surface area (TPSA) is 162 Å². The van der Waals surface area contributed by atoms with Crippen LogP contribution >= 0.6 is 0 Å². The van der Waals surface area contributed by atoms with Gasteiger partial charge in [-0.25, -0.2) is 0 Å². The van der Waals surface area contributed by atoms with Crippen molar-refractivity contribution in [3.05, 3.63) is 23.3 Å². The second kappa shape index (κ2) is 12.8. The molecule has 3 N–H and O–H groups in total. The van der Waals surface area contributed by atoms with E-state index in [2.05, 4.69) is 22.8 Å². The molecule has 2 amide bonds. The summed E-state index contributed by atoms with van der Waals surface area (Å²) in [5.41, 5.74) is -0.316. The number of carboxylic acids is 1. The molecule has 4 aliphatic carbocycles. The van der Waals surface area contributed by atoms with Crippen molar-refractivity contribution in [2.75, 3.05) is 13.7 Å². The number of carboxylic acid groups (broad SMARTS) is 1. The Hall–Kier alpha value is -3.79. The summed E-state index contributed by atoms with van der Waals surface area (Å²) >= 11 is 0. The second-order valence-corrected chi connectivity index (χ2v) is 13.3. The number of fused-ring (bicyclic) bond motifs is 2. The van der Waals surface area contributed by atoms with Gasteiger partial charge in [0.05, 0.1) is 41.7 Å². The lowest BCUT2D eigenvalue weighted by Crippen LogP contribution is -2.50. The first-order valence-electron chi connectivity index (χ1n) is 15.7. The normalized spacial score (nSPS) is 33.1. The molecule has 4 unspecified atom stereocenters. The number of ether oxygens (including phenoxy) is 2. The molecule has 230 valence electrons. The van der Waals surface area contributed by atoms with Crippen LogP contribution in [0.2, 0.25) is 0 Å². The van der Waals surface area contributed by atoms with Crippen molar-refractivity contribution >= 4 is 17.8 Å². The van der Waals surface area contributed by atoms with Crippen molar-refractivity contribution in [3.63, 3.8) is 0 Å². The maximum Gasteiger partial charge on any atom is 0.309 e. The lowest BCUT2D eigenvalue weighted by molar-refractivity contribution is -0.150. The van der Waals surface area contributed by atoms with E-state index in [0.717, 1.165) is 44.9 Å². The molecule has 5 rings (SSSR count). The molecule has 1 aromatic rings. The number of hydrogen-bond acceptors (Lipinski definition) is 7. The van der Waals surface area contributed by atoms with Crippen molar-refractivity contribution in [1.29, 1.82) is 10.5 Å². The van der Waals surface area contributed by atoms with Gasteiger partial charge >= 0.3 is 5.97 Å². The highest BCUT2D eigenvalue weighted by Crippen LogP contribution is 2.49. The zero-order valence-electron chi connectivity index (χ0n) is 25.1. The number of benzene rings is 1. The Bertz CT molecular complexity index is 1320. The summed E-state index contributed by atoms with van der Waals surface area (Å²) in [6.07, 6.45) is 8.22. The smallest absolute Gasteiger partial charge is 0.309 e. The zero-order chi connectivity index (χ0) is 30.7. The standard InChI is InChI=1S/C33H42N4O6/c1-33(32(40)41)11-9-24(10-12-33)43-26-15-25(27(42-2)14-23(26)17-35)30(38)37-29-22-8-7-21(13-22)28(29)31(39)36-18-20-5-3-19(16-34)4-6-20/h14-15,19-22,24,28-29H,3-13,18H2,1-2H3,(H,36,39)(H,37,38)(H,40,41). The maximum absolute atomic E-state index is 13.7. The Kier molecular flexibility index (Phi) is 9.15. The number of nitrogens with one attached hydrogen (secondary N) is 2. The van der Waals surface area contributed by atoms with Crippen LogP contribution in [0.4, 0.5) is 0 Å². The van der Waals surface area contributed by atoms with E-state index in [0.29, 0.717) is 38.1 Å². The molecule has 4 fully saturated rings. The number of hydrogen-bond donors (Lipinski definition) is 3. The van der Waals surface area contributed by atoms with E-state index in [4.69, 9.17) is 14.7 Å². The van der Waals surface area contributed by atoms with Crippen molar-refractivity contribution < 1.29 is 29.0 Å². The van der Waals surface area contributed by atoms with E-state index in [-0.39, 0.29) is 70.3 Å². The van der Waals surface area contributed by atoms with Gasteiger partial charge < -0.3 is 25.2 Å². The summed E-state index contributed by atoms with van der Waals surface area (Å²) in [5, 5.41) is 34.8. The fraction of sp³-hybridized carbons (Fsp3) is 0.667. The molecule has 0 spiro atoms. The highest BCUT2D eigenvalue weighted by Gasteiger charge is 2.51. The second-order valence-electron chi connectivity index (χ2n) is 13.3. The Balaban J connectivity index is 1.27. The maximum atomic E-state index is 13.7.